The third-order valence-corrected chi connectivity index (χ3v) is 4.19. The number of hydrogen-bond donors (Lipinski definition) is 2. The van der Waals surface area contributed by atoms with Gasteiger partial charge in [-0.05, 0) is 30.5 Å². The van der Waals surface area contributed by atoms with Crippen molar-refractivity contribution in [3.63, 3.8) is 0 Å². The van der Waals surface area contributed by atoms with Gasteiger partial charge in [0.1, 0.15) is 12.0 Å². The van der Waals surface area contributed by atoms with Crippen LogP contribution in [0.5, 0.6) is 5.75 Å². The van der Waals surface area contributed by atoms with Crippen LogP contribution in [0.1, 0.15) is 37.5 Å². The van der Waals surface area contributed by atoms with Gasteiger partial charge in [-0.15, -0.1) is 0 Å². The van der Waals surface area contributed by atoms with E-state index in [1.807, 2.05) is 12.1 Å². The highest BCUT2D eigenvalue weighted by molar-refractivity contribution is 5.29. The number of ether oxygens (including phenoxy) is 1. The topological polar surface area (TPSA) is 52.9 Å². The van der Waals surface area contributed by atoms with Crippen LogP contribution >= 0.6 is 0 Å². The zero-order valence-corrected chi connectivity index (χ0v) is 11.0. The van der Waals surface area contributed by atoms with Crippen molar-refractivity contribution in [2.24, 2.45) is 0 Å². The summed E-state index contributed by atoms with van der Waals surface area (Å²) >= 11 is 0. The number of hydrogen-bond acceptors (Lipinski definition) is 4. The fourth-order valence-electron chi connectivity index (χ4n) is 3.26. The van der Waals surface area contributed by atoms with Crippen molar-refractivity contribution in [3.05, 3.63) is 29.8 Å². The molecule has 1 aliphatic carbocycles. The first-order valence-corrected chi connectivity index (χ1v) is 7.09. The summed E-state index contributed by atoms with van der Waals surface area (Å²) < 4.78 is 5.94. The molecular weight excluding hydrogens is 242 g/mol. The summed E-state index contributed by atoms with van der Waals surface area (Å²) in [4.78, 5) is 2.35. The van der Waals surface area contributed by atoms with Gasteiger partial charge in [-0.3, -0.25) is 4.90 Å². The van der Waals surface area contributed by atoms with Gasteiger partial charge in [0.25, 0.3) is 0 Å². The minimum atomic E-state index is -0.132. The van der Waals surface area contributed by atoms with Gasteiger partial charge in [-0.2, -0.15) is 0 Å². The Morgan fingerprint density at radius 1 is 1.26 bits per heavy atom. The van der Waals surface area contributed by atoms with Gasteiger partial charge in [-0.1, -0.05) is 25.0 Å². The van der Waals surface area contributed by atoms with E-state index in [1.54, 1.807) is 12.1 Å². The van der Waals surface area contributed by atoms with Crippen molar-refractivity contribution in [1.29, 1.82) is 0 Å². The molecule has 0 bridgehead atoms. The van der Waals surface area contributed by atoms with Crippen LogP contribution in [-0.2, 0) is 4.74 Å². The Kier molecular flexibility index (Phi) is 3.73. The van der Waals surface area contributed by atoms with Gasteiger partial charge in [-0.25, -0.2) is 0 Å². The average molecular weight is 263 g/mol. The summed E-state index contributed by atoms with van der Waals surface area (Å²) in [5.41, 5.74) is 0.975. The maximum atomic E-state index is 9.62. The zero-order chi connectivity index (χ0) is 13.2. The largest absolute Gasteiger partial charge is 0.508 e. The SMILES string of the molecule is OCC1CN(C2CCCC2)C(c2cccc(O)c2)O1. The van der Waals surface area contributed by atoms with E-state index in [0.29, 0.717) is 6.04 Å². The van der Waals surface area contributed by atoms with E-state index in [-0.39, 0.29) is 24.7 Å². The summed E-state index contributed by atoms with van der Waals surface area (Å²) in [6, 6.07) is 7.79. The van der Waals surface area contributed by atoms with Crippen molar-refractivity contribution in [3.8, 4) is 5.75 Å². The van der Waals surface area contributed by atoms with Crippen molar-refractivity contribution < 1.29 is 14.9 Å². The molecular formula is C15H21NO3. The Labute approximate surface area is 113 Å². The molecule has 2 aliphatic rings. The minimum absolute atomic E-state index is 0.0541. The molecule has 0 spiro atoms. The molecule has 1 aliphatic heterocycles. The van der Waals surface area contributed by atoms with Crippen LogP contribution in [0.3, 0.4) is 0 Å². The Morgan fingerprint density at radius 3 is 2.74 bits per heavy atom. The molecule has 3 rings (SSSR count). The van der Waals surface area contributed by atoms with Gasteiger partial charge in [0.15, 0.2) is 0 Å². The second kappa shape index (κ2) is 5.49. The molecule has 0 amide bonds. The van der Waals surface area contributed by atoms with Crippen molar-refractivity contribution in [2.45, 2.75) is 44.1 Å². The van der Waals surface area contributed by atoms with Crippen LogP contribution < -0.4 is 0 Å². The molecule has 2 unspecified atom stereocenters. The van der Waals surface area contributed by atoms with Gasteiger partial charge < -0.3 is 14.9 Å². The lowest BCUT2D eigenvalue weighted by molar-refractivity contribution is -0.0296. The monoisotopic (exact) mass is 263 g/mol. The highest BCUT2D eigenvalue weighted by Crippen LogP contribution is 2.37. The lowest BCUT2D eigenvalue weighted by atomic mass is 10.1. The van der Waals surface area contributed by atoms with Crippen LogP contribution in [0.4, 0.5) is 0 Å². The lowest BCUT2D eigenvalue weighted by Gasteiger charge is -2.28. The predicted molar refractivity (Wildman–Crippen MR) is 71.8 cm³/mol. The number of nitrogens with zero attached hydrogens (tertiary/aromatic N) is 1. The molecule has 1 aromatic carbocycles. The van der Waals surface area contributed by atoms with E-state index in [0.717, 1.165) is 12.1 Å². The lowest BCUT2D eigenvalue weighted by Crippen LogP contribution is -2.34. The number of aromatic hydroxyl groups is 1. The van der Waals surface area contributed by atoms with Crippen molar-refractivity contribution in [1.82, 2.24) is 4.90 Å². The number of aliphatic hydroxyl groups is 1. The van der Waals surface area contributed by atoms with E-state index >= 15 is 0 Å². The van der Waals surface area contributed by atoms with E-state index in [2.05, 4.69) is 4.90 Å². The van der Waals surface area contributed by atoms with Gasteiger partial charge in [0.05, 0.1) is 12.7 Å². The minimum Gasteiger partial charge on any atom is -0.508 e. The first-order valence-electron chi connectivity index (χ1n) is 7.09. The molecule has 2 N–H and O–H groups in total. The molecule has 104 valence electrons. The quantitative estimate of drug-likeness (QED) is 0.876. The number of aliphatic hydroxyl groups excluding tert-OH is 1. The first-order chi connectivity index (χ1) is 9.28. The number of phenols is 1. The van der Waals surface area contributed by atoms with E-state index in [1.165, 1.54) is 25.7 Å². The smallest absolute Gasteiger partial charge is 0.137 e. The van der Waals surface area contributed by atoms with Crippen LogP contribution in [0.2, 0.25) is 0 Å². The maximum Gasteiger partial charge on any atom is 0.137 e. The molecule has 0 aromatic heterocycles. The normalized spacial score (nSPS) is 29.1. The third-order valence-electron chi connectivity index (χ3n) is 4.19. The molecule has 2 atom stereocenters. The average Bonchev–Trinajstić information content (AvgIpc) is 3.07. The molecule has 4 heteroatoms. The Bertz CT molecular complexity index is 431. The van der Waals surface area contributed by atoms with E-state index in [4.69, 9.17) is 4.74 Å². The fraction of sp³-hybridized carbons (Fsp3) is 0.600. The molecule has 1 saturated heterocycles. The summed E-state index contributed by atoms with van der Waals surface area (Å²) in [7, 11) is 0. The Morgan fingerprint density at radius 2 is 2.05 bits per heavy atom. The molecule has 1 saturated carbocycles. The number of rotatable bonds is 3. The summed E-state index contributed by atoms with van der Waals surface area (Å²) in [5, 5.41) is 19.0. The highest BCUT2D eigenvalue weighted by atomic mass is 16.5. The zero-order valence-electron chi connectivity index (χ0n) is 11.0. The highest BCUT2D eigenvalue weighted by Gasteiger charge is 2.38. The van der Waals surface area contributed by atoms with Crippen LogP contribution in [0, 0.1) is 0 Å². The van der Waals surface area contributed by atoms with Crippen molar-refractivity contribution in [2.75, 3.05) is 13.2 Å². The maximum absolute atomic E-state index is 9.62. The Balaban J connectivity index is 1.83. The summed E-state index contributed by atoms with van der Waals surface area (Å²) in [6.07, 6.45) is 4.71. The summed E-state index contributed by atoms with van der Waals surface area (Å²) in [6.45, 7) is 0.833. The van der Waals surface area contributed by atoms with Crippen LogP contribution in [0.25, 0.3) is 0 Å². The molecule has 1 heterocycles. The Hall–Kier alpha value is -1.10. The molecule has 0 radical (unpaired) electrons. The van der Waals surface area contributed by atoms with Gasteiger partial charge in [0.2, 0.25) is 0 Å². The molecule has 4 nitrogen and oxygen atoms in total. The second-order valence-corrected chi connectivity index (χ2v) is 5.52. The fourth-order valence-corrected chi connectivity index (χ4v) is 3.26. The van der Waals surface area contributed by atoms with E-state index in [9.17, 15) is 10.2 Å². The number of benzene rings is 1. The van der Waals surface area contributed by atoms with Crippen LogP contribution in [-0.4, -0.2) is 40.4 Å². The van der Waals surface area contributed by atoms with Gasteiger partial charge >= 0.3 is 0 Å². The molecule has 1 aromatic rings. The third kappa shape index (κ3) is 2.61. The van der Waals surface area contributed by atoms with Crippen molar-refractivity contribution >= 4 is 0 Å². The van der Waals surface area contributed by atoms with Crippen LogP contribution in [0.15, 0.2) is 24.3 Å². The summed E-state index contributed by atoms with van der Waals surface area (Å²) in [5.74, 6) is 0.264. The number of phenolic OH excluding ortho intramolecular Hbond substituents is 1. The van der Waals surface area contributed by atoms with E-state index < -0.39 is 0 Å². The second-order valence-electron chi connectivity index (χ2n) is 5.52. The standard InChI is InChI=1S/C15H21NO3/c17-10-14-9-16(12-5-1-2-6-12)15(19-14)11-4-3-7-13(18)8-11/h3-4,7-8,12,14-15,17-18H,1-2,5-6,9-10H2. The van der Waals surface area contributed by atoms with Gasteiger partial charge in [0, 0.05) is 12.6 Å². The molecule has 19 heavy (non-hydrogen) atoms. The predicted octanol–water partition coefficient (Wildman–Crippen LogP) is 2.03. The molecule has 2 fully saturated rings. The first kappa shape index (κ1) is 12.9.